The normalized spacial score (nSPS) is 17.3. The van der Waals surface area contributed by atoms with Crippen molar-refractivity contribution in [2.24, 2.45) is 0 Å². The summed E-state index contributed by atoms with van der Waals surface area (Å²) < 4.78 is 20.9. The van der Waals surface area contributed by atoms with Crippen molar-refractivity contribution in [3.8, 4) is 11.4 Å². The van der Waals surface area contributed by atoms with Gasteiger partial charge in [0.2, 0.25) is 0 Å². The van der Waals surface area contributed by atoms with Crippen LogP contribution in [0.2, 0.25) is 0 Å². The van der Waals surface area contributed by atoms with Crippen molar-refractivity contribution in [3.63, 3.8) is 0 Å². The number of methoxy groups -OCH3 is 1. The number of rotatable bonds is 7. The lowest BCUT2D eigenvalue weighted by Crippen LogP contribution is -2.45. The Morgan fingerprint density at radius 1 is 1.05 bits per heavy atom. The lowest BCUT2D eigenvalue weighted by Gasteiger charge is -2.31. The second-order valence-electron chi connectivity index (χ2n) is 11.4. The number of hydrogen-bond acceptors (Lipinski definition) is 4. The molecule has 0 radical (unpaired) electrons. The summed E-state index contributed by atoms with van der Waals surface area (Å²) in [5, 5.41) is 8.16. The van der Waals surface area contributed by atoms with E-state index in [0.717, 1.165) is 29.7 Å². The average Bonchev–Trinajstić information content (AvgIpc) is 3.55. The second kappa shape index (κ2) is 11.3. The molecular formula is C33H37FN4O2. The van der Waals surface area contributed by atoms with Gasteiger partial charge in [-0.2, -0.15) is 5.10 Å². The molecule has 1 aromatic heterocycles. The summed E-state index contributed by atoms with van der Waals surface area (Å²) in [5.74, 6) is 0.434. The molecule has 1 saturated heterocycles. The van der Waals surface area contributed by atoms with Gasteiger partial charge in [-0.25, -0.2) is 9.07 Å². The van der Waals surface area contributed by atoms with E-state index >= 15 is 0 Å². The molecule has 1 fully saturated rings. The molecule has 1 aliphatic heterocycles. The molecule has 5 rings (SSSR count). The van der Waals surface area contributed by atoms with Crippen LogP contribution in [0.4, 0.5) is 4.39 Å². The molecule has 0 saturated carbocycles. The fourth-order valence-electron chi connectivity index (χ4n) is 5.51. The first-order chi connectivity index (χ1) is 19.2. The van der Waals surface area contributed by atoms with Crippen molar-refractivity contribution in [1.82, 2.24) is 20.0 Å². The van der Waals surface area contributed by atoms with Gasteiger partial charge in [0.25, 0.3) is 5.91 Å². The molecule has 0 spiro atoms. The van der Waals surface area contributed by atoms with Crippen LogP contribution >= 0.6 is 0 Å². The Labute approximate surface area is 235 Å². The van der Waals surface area contributed by atoms with E-state index in [9.17, 15) is 9.18 Å². The predicted molar refractivity (Wildman–Crippen MR) is 155 cm³/mol. The standard InChI is InChI=1S/C33H37FN4O2/c1-22-28(21-36-38(22)27-14-12-26(34)13-15-27)32(39)37-29(23-9-7-6-8-10-23)16-18-31(37)35-20-24-19-25(33(2,3)4)11-17-30(24)40-5/h6-15,17,19,21,29,31,35H,16,18,20H2,1-5H3. The van der Waals surface area contributed by atoms with Gasteiger partial charge in [-0.15, -0.1) is 0 Å². The Morgan fingerprint density at radius 2 is 1.77 bits per heavy atom. The highest BCUT2D eigenvalue weighted by Crippen LogP contribution is 2.37. The molecule has 1 amide bonds. The Hall–Kier alpha value is -3.97. The van der Waals surface area contributed by atoms with Crippen LogP contribution in [-0.2, 0) is 12.0 Å². The quantitative estimate of drug-likeness (QED) is 0.283. The number of ether oxygens (including phenoxy) is 1. The van der Waals surface area contributed by atoms with E-state index in [1.807, 2.05) is 36.1 Å². The van der Waals surface area contributed by atoms with Crippen LogP contribution in [0, 0.1) is 12.7 Å². The number of amides is 1. The summed E-state index contributed by atoms with van der Waals surface area (Å²) in [5.41, 5.74) is 5.37. The molecule has 6 nitrogen and oxygen atoms in total. The van der Waals surface area contributed by atoms with E-state index in [2.05, 4.69) is 55.5 Å². The molecule has 7 heteroatoms. The summed E-state index contributed by atoms with van der Waals surface area (Å²) in [7, 11) is 1.69. The number of carbonyl (C=O) groups excluding carboxylic acids is 1. The predicted octanol–water partition coefficient (Wildman–Crippen LogP) is 6.72. The SMILES string of the molecule is COc1ccc(C(C)(C)C)cc1CNC1CCC(c2ccccc2)N1C(=O)c1cnn(-c2ccc(F)cc2)c1C. The molecule has 0 aliphatic carbocycles. The van der Waals surface area contributed by atoms with Gasteiger partial charge in [0.1, 0.15) is 11.6 Å². The van der Waals surface area contributed by atoms with E-state index in [-0.39, 0.29) is 29.3 Å². The van der Waals surface area contributed by atoms with Crippen LogP contribution in [0.1, 0.15) is 72.4 Å². The summed E-state index contributed by atoms with van der Waals surface area (Å²) in [6, 6.07) is 22.6. The first kappa shape index (κ1) is 27.6. The first-order valence-corrected chi connectivity index (χ1v) is 13.8. The third kappa shape index (κ3) is 5.52. The van der Waals surface area contributed by atoms with Crippen LogP contribution in [0.15, 0.2) is 79.0 Å². The molecule has 208 valence electrons. The van der Waals surface area contributed by atoms with Crippen molar-refractivity contribution < 1.29 is 13.9 Å². The Kier molecular flexibility index (Phi) is 7.76. The van der Waals surface area contributed by atoms with Gasteiger partial charge in [0, 0.05) is 12.1 Å². The van der Waals surface area contributed by atoms with Crippen molar-refractivity contribution in [1.29, 1.82) is 0 Å². The molecule has 0 bridgehead atoms. The van der Waals surface area contributed by atoms with Crippen molar-refractivity contribution >= 4 is 5.91 Å². The van der Waals surface area contributed by atoms with E-state index < -0.39 is 0 Å². The highest BCUT2D eigenvalue weighted by atomic mass is 19.1. The maximum Gasteiger partial charge on any atom is 0.259 e. The molecular weight excluding hydrogens is 503 g/mol. The third-order valence-corrected chi connectivity index (χ3v) is 7.79. The Morgan fingerprint density at radius 3 is 2.45 bits per heavy atom. The molecule has 1 aliphatic rings. The summed E-state index contributed by atoms with van der Waals surface area (Å²) in [6.07, 6.45) is 3.11. The molecule has 2 heterocycles. The zero-order valence-corrected chi connectivity index (χ0v) is 23.8. The minimum absolute atomic E-state index is 0.0109. The monoisotopic (exact) mass is 540 g/mol. The topological polar surface area (TPSA) is 59.4 Å². The minimum atomic E-state index is -0.314. The largest absolute Gasteiger partial charge is 0.496 e. The van der Waals surface area contributed by atoms with Gasteiger partial charge in [-0.1, -0.05) is 63.2 Å². The van der Waals surface area contributed by atoms with Crippen molar-refractivity contribution in [2.45, 2.75) is 64.7 Å². The molecule has 40 heavy (non-hydrogen) atoms. The Balaban J connectivity index is 1.45. The van der Waals surface area contributed by atoms with Crippen LogP contribution in [-0.4, -0.2) is 33.9 Å². The number of benzene rings is 3. The summed E-state index contributed by atoms with van der Waals surface area (Å²) >= 11 is 0. The molecule has 2 unspecified atom stereocenters. The number of nitrogens with one attached hydrogen (secondary N) is 1. The maximum absolute atomic E-state index is 14.2. The van der Waals surface area contributed by atoms with Crippen LogP contribution in [0.25, 0.3) is 5.69 Å². The van der Waals surface area contributed by atoms with Crippen molar-refractivity contribution in [2.75, 3.05) is 7.11 Å². The van der Waals surface area contributed by atoms with Gasteiger partial charge in [0.05, 0.1) is 42.5 Å². The Bertz CT molecular complexity index is 1470. The van der Waals surface area contributed by atoms with Gasteiger partial charge in [0.15, 0.2) is 0 Å². The molecule has 2 atom stereocenters. The number of halogens is 1. The fourth-order valence-corrected chi connectivity index (χ4v) is 5.51. The van der Waals surface area contributed by atoms with Crippen LogP contribution in [0.3, 0.4) is 0 Å². The highest BCUT2D eigenvalue weighted by molar-refractivity contribution is 5.96. The lowest BCUT2D eigenvalue weighted by molar-refractivity contribution is 0.0631. The summed E-state index contributed by atoms with van der Waals surface area (Å²) in [6.45, 7) is 9.03. The second-order valence-corrected chi connectivity index (χ2v) is 11.4. The maximum atomic E-state index is 14.2. The highest BCUT2D eigenvalue weighted by Gasteiger charge is 2.39. The first-order valence-electron chi connectivity index (χ1n) is 13.8. The van der Waals surface area contributed by atoms with Crippen LogP contribution < -0.4 is 10.1 Å². The van der Waals surface area contributed by atoms with Crippen LogP contribution in [0.5, 0.6) is 5.75 Å². The number of likely N-dealkylation sites (tertiary alicyclic amines) is 1. The molecule has 1 N–H and O–H groups in total. The van der Waals surface area contributed by atoms with E-state index in [1.165, 1.54) is 17.7 Å². The zero-order valence-electron chi connectivity index (χ0n) is 23.8. The van der Waals surface area contributed by atoms with E-state index in [1.54, 1.807) is 30.1 Å². The van der Waals surface area contributed by atoms with Gasteiger partial charge in [-0.05, 0) is 66.6 Å². The molecule has 3 aromatic carbocycles. The average molecular weight is 541 g/mol. The third-order valence-electron chi connectivity index (χ3n) is 7.79. The van der Waals surface area contributed by atoms with E-state index in [4.69, 9.17) is 4.74 Å². The zero-order chi connectivity index (χ0) is 28.4. The van der Waals surface area contributed by atoms with Gasteiger partial charge in [-0.3, -0.25) is 10.1 Å². The number of carbonyl (C=O) groups is 1. The van der Waals surface area contributed by atoms with Crippen molar-refractivity contribution in [3.05, 3.63) is 113 Å². The fraction of sp³-hybridized carbons (Fsp3) is 0.333. The smallest absolute Gasteiger partial charge is 0.259 e. The summed E-state index contributed by atoms with van der Waals surface area (Å²) in [4.78, 5) is 16.2. The minimum Gasteiger partial charge on any atom is -0.496 e. The number of hydrogen-bond donors (Lipinski definition) is 1. The van der Waals surface area contributed by atoms with Gasteiger partial charge < -0.3 is 9.64 Å². The van der Waals surface area contributed by atoms with Gasteiger partial charge >= 0.3 is 0 Å². The molecule has 4 aromatic rings. The number of nitrogens with zero attached hydrogens (tertiary/aromatic N) is 3. The lowest BCUT2D eigenvalue weighted by atomic mass is 9.86. The number of aromatic nitrogens is 2. The van der Waals surface area contributed by atoms with E-state index in [0.29, 0.717) is 23.5 Å².